The minimum Gasteiger partial charge on any atom is -0.446 e. The van der Waals surface area contributed by atoms with Crippen molar-refractivity contribution < 1.29 is 4.42 Å². The molecule has 78 valence electrons. The fraction of sp³-hybridized carbons (Fsp3) is 0. The number of nitriles is 1. The Labute approximate surface area is 95.9 Å². The van der Waals surface area contributed by atoms with Gasteiger partial charge < -0.3 is 4.42 Å². The highest BCUT2D eigenvalue weighted by Crippen LogP contribution is 2.13. The zero-order valence-electron chi connectivity index (χ0n) is 8.21. The van der Waals surface area contributed by atoms with Gasteiger partial charge in [-0.1, -0.05) is 6.07 Å². The van der Waals surface area contributed by atoms with E-state index >= 15 is 0 Å². The average Bonchev–Trinajstić information content (AvgIpc) is 2.78. The van der Waals surface area contributed by atoms with Gasteiger partial charge in [0, 0.05) is 17.0 Å². The van der Waals surface area contributed by atoms with E-state index in [2.05, 4.69) is 0 Å². The van der Waals surface area contributed by atoms with Gasteiger partial charge in [0.05, 0.1) is 0 Å². The third kappa shape index (κ3) is 2.47. The predicted molar refractivity (Wildman–Crippen MR) is 62.9 cm³/mol. The minimum absolute atomic E-state index is 0.0262. The fourth-order valence-electron chi connectivity index (χ4n) is 1.18. The van der Waals surface area contributed by atoms with Crippen LogP contribution in [0.5, 0.6) is 0 Å². The second kappa shape index (κ2) is 4.60. The smallest absolute Gasteiger partial charge is 0.207 e. The lowest BCUT2D eigenvalue weighted by molar-refractivity contribution is 0.524. The van der Waals surface area contributed by atoms with E-state index in [0.29, 0.717) is 5.76 Å². The average molecular weight is 229 g/mol. The Bertz CT molecular complexity index is 603. The highest BCUT2D eigenvalue weighted by atomic mass is 32.1. The number of nitrogens with zero attached hydrogens (tertiary/aromatic N) is 1. The SMILES string of the molecule is N#Cc1cc(=O)cc(/C=C/c2cccs2)o1. The van der Waals surface area contributed by atoms with Gasteiger partial charge in [0.15, 0.2) is 5.43 Å². The Hall–Kier alpha value is -2.12. The molecule has 0 N–H and O–H groups in total. The Kier molecular flexibility index (Phi) is 2.99. The molecule has 0 aliphatic rings. The van der Waals surface area contributed by atoms with Gasteiger partial charge in [-0.25, -0.2) is 0 Å². The van der Waals surface area contributed by atoms with Crippen molar-refractivity contribution in [2.45, 2.75) is 0 Å². The first-order valence-electron chi connectivity index (χ1n) is 4.55. The zero-order valence-corrected chi connectivity index (χ0v) is 9.03. The molecule has 0 bridgehead atoms. The van der Waals surface area contributed by atoms with E-state index in [4.69, 9.17) is 9.68 Å². The molecule has 2 aromatic heterocycles. The normalized spacial score (nSPS) is 10.4. The molecule has 0 saturated heterocycles. The van der Waals surface area contributed by atoms with Crippen LogP contribution in [0.3, 0.4) is 0 Å². The molecule has 0 unspecified atom stereocenters. The lowest BCUT2D eigenvalue weighted by Crippen LogP contribution is -1.98. The van der Waals surface area contributed by atoms with Gasteiger partial charge in [-0.15, -0.1) is 11.3 Å². The van der Waals surface area contributed by atoms with Gasteiger partial charge in [0.2, 0.25) is 5.76 Å². The molecule has 16 heavy (non-hydrogen) atoms. The summed E-state index contributed by atoms with van der Waals surface area (Å²) in [5.74, 6) is 0.413. The van der Waals surface area contributed by atoms with Crippen molar-refractivity contribution in [2.24, 2.45) is 0 Å². The van der Waals surface area contributed by atoms with Gasteiger partial charge in [-0.3, -0.25) is 4.79 Å². The molecular formula is C12H7NO2S. The molecule has 0 aliphatic heterocycles. The van der Waals surface area contributed by atoms with Crippen molar-refractivity contribution >= 4 is 23.5 Å². The third-order valence-electron chi connectivity index (χ3n) is 1.85. The molecule has 2 rings (SSSR count). The number of rotatable bonds is 2. The van der Waals surface area contributed by atoms with Crippen LogP contribution in [-0.2, 0) is 0 Å². The lowest BCUT2D eigenvalue weighted by atomic mass is 10.3. The van der Waals surface area contributed by atoms with Crippen LogP contribution in [-0.4, -0.2) is 0 Å². The molecule has 0 spiro atoms. The van der Waals surface area contributed by atoms with Crippen LogP contribution >= 0.6 is 11.3 Å². The lowest BCUT2D eigenvalue weighted by Gasteiger charge is -1.92. The number of hydrogen-bond acceptors (Lipinski definition) is 4. The second-order valence-electron chi connectivity index (χ2n) is 3.02. The van der Waals surface area contributed by atoms with Crippen LogP contribution in [0, 0.1) is 11.3 Å². The Morgan fingerprint density at radius 1 is 1.38 bits per heavy atom. The summed E-state index contributed by atoms with van der Waals surface area (Å²) in [5, 5.41) is 10.6. The molecular weight excluding hydrogens is 222 g/mol. The van der Waals surface area contributed by atoms with Gasteiger partial charge in [-0.05, 0) is 23.6 Å². The first-order valence-corrected chi connectivity index (χ1v) is 5.43. The van der Waals surface area contributed by atoms with E-state index in [0.717, 1.165) is 4.88 Å². The summed E-state index contributed by atoms with van der Waals surface area (Å²) < 4.78 is 5.16. The van der Waals surface area contributed by atoms with Crippen LogP contribution in [0.4, 0.5) is 0 Å². The predicted octanol–water partition coefficient (Wildman–Crippen LogP) is 2.74. The summed E-state index contributed by atoms with van der Waals surface area (Å²) in [7, 11) is 0. The molecule has 0 saturated carbocycles. The van der Waals surface area contributed by atoms with Crippen LogP contribution in [0.2, 0.25) is 0 Å². The molecule has 2 heterocycles. The summed E-state index contributed by atoms with van der Waals surface area (Å²) in [6.07, 6.45) is 3.51. The van der Waals surface area contributed by atoms with Crippen molar-refractivity contribution in [1.29, 1.82) is 5.26 Å². The van der Waals surface area contributed by atoms with E-state index in [-0.39, 0.29) is 11.2 Å². The van der Waals surface area contributed by atoms with E-state index in [1.165, 1.54) is 12.1 Å². The summed E-state index contributed by atoms with van der Waals surface area (Å²) >= 11 is 1.58. The quantitative estimate of drug-likeness (QED) is 0.795. The maximum Gasteiger partial charge on any atom is 0.207 e. The van der Waals surface area contributed by atoms with Crippen molar-refractivity contribution in [3.63, 3.8) is 0 Å². The molecule has 0 fully saturated rings. The number of hydrogen-bond donors (Lipinski definition) is 0. The van der Waals surface area contributed by atoms with Crippen molar-refractivity contribution in [2.75, 3.05) is 0 Å². The highest BCUT2D eigenvalue weighted by molar-refractivity contribution is 7.10. The maximum absolute atomic E-state index is 11.2. The molecule has 3 nitrogen and oxygen atoms in total. The molecule has 0 atom stereocenters. The van der Waals surface area contributed by atoms with Crippen molar-refractivity contribution in [3.05, 3.63) is 56.3 Å². The van der Waals surface area contributed by atoms with Gasteiger partial charge in [0.1, 0.15) is 11.8 Å². The minimum atomic E-state index is -0.228. The third-order valence-corrected chi connectivity index (χ3v) is 2.69. The monoisotopic (exact) mass is 229 g/mol. The summed E-state index contributed by atoms with van der Waals surface area (Å²) in [4.78, 5) is 12.2. The molecule has 2 aromatic rings. The first kappa shape index (κ1) is 10.4. The summed E-state index contributed by atoms with van der Waals surface area (Å²) in [6, 6.07) is 8.21. The van der Waals surface area contributed by atoms with Crippen molar-refractivity contribution in [3.8, 4) is 6.07 Å². The molecule has 0 aromatic carbocycles. The topological polar surface area (TPSA) is 54.0 Å². The van der Waals surface area contributed by atoms with Crippen LogP contribution in [0.1, 0.15) is 16.4 Å². The van der Waals surface area contributed by atoms with E-state index in [1.807, 2.05) is 23.6 Å². The van der Waals surface area contributed by atoms with Crippen LogP contribution < -0.4 is 5.43 Å². The van der Waals surface area contributed by atoms with Gasteiger partial charge >= 0.3 is 0 Å². The summed E-state index contributed by atoms with van der Waals surface area (Å²) in [5.41, 5.74) is -0.228. The Morgan fingerprint density at radius 3 is 2.94 bits per heavy atom. The largest absolute Gasteiger partial charge is 0.446 e. The van der Waals surface area contributed by atoms with E-state index in [1.54, 1.807) is 23.5 Å². The standard InChI is InChI=1S/C12H7NO2S/c13-8-11-7-9(14)6-10(15-11)3-4-12-2-1-5-16-12/h1-7H/b4-3+. The fourth-order valence-corrected chi connectivity index (χ4v) is 1.80. The molecule has 0 amide bonds. The zero-order chi connectivity index (χ0) is 11.4. The Balaban J connectivity index is 2.32. The Morgan fingerprint density at radius 2 is 2.25 bits per heavy atom. The second-order valence-corrected chi connectivity index (χ2v) is 4.00. The maximum atomic E-state index is 11.2. The van der Waals surface area contributed by atoms with E-state index in [9.17, 15) is 4.79 Å². The molecule has 0 aliphatic carbocycles. The van der Waals surface area contributed by atoms with Gasteiger partial charge in [0.25, 0.3) is 0 Å². The number of thiophene rings is 1. The first-order chi connectivity index (χ1) is 7.78. The highest BCUT2D eigenvalue weighted by Gasteiger charge is 1.98. The van der Waals surface area contributed by atoms with E-state index < -0.39 is 0 Å². The summed E-state index contributed by atoms with van der Waals surface area (Å²) in [6.45, 7) is 0. The van der Waals surface area contributed by atoms with Crippen molar-refractivity contribution in [1.82, 2.24) is 0 Å². The van der Waals surface area contributed by atoms with Crippen LogP contribution in [0.25, 0.3) is 12.2 Å². The van der Waals surface area contributed by atoms with Gasteiger partial charge in [-0.2, -0.15) is 5.26 Å². The van der Waals surface area contributed by atoms with Crippen LogP contribution in [0.15, 0.2) is 38.9 Å². The molecule has 4 heteroatoms. The molecule has 0 radical (unpaired) electrons.